The zero-order valence-electron chi connectivity index (χ0n) is 6.02. The molecule has 0 aliphatic heterocycles. The first kappa shape index (κ1) is 8.26. The van der Waals surface area contributed by atoms with Gasteiger partial charge < -0.3 is 10.2 Å². The van der Waals surface area contributed by atoms with Crippen molar-refractivity contribution in [1.82, 2.24) is 0 Å². The summed E-state index contributed by atoms with van der Waals surface area (Å²) in [4.78, 5) is 21.1. The molecule has 0 atom stereocenters. The van der Waals surface area contributed by atoms with E-state index in [4.69, 9.17) is 10.2 Å². The van der Waals surface area contributed by atoms with E-state index < -0.39 is 17.1 Å². The molecular weight excluding hydrogens is 160 g/mol. The minimum Gasteiger partial charge on any atom is -0.504 e. The Morgan fingerprint density at radius 2 is 1.75 bits per heavy atom. The van der Waals surface area contributed by atoms with Gasteiger partial charge in [0.05, 0.1) is 5.56 Å². The van der Waals surface area contributed by atoms with Gasteiger partial charge in [-0.2, -0.15) is 0 Å². The maximum Gasteiger partial charge on any atom is 0.335 e. The second kappa shape index (κ2) is 3.04. The average molecular weight is 166 g/mol. The summed E-state index contributed by atoms with van der Waals surface area (Å²) in [5.41, 5.74) is -0.630. The van der Waals surface area contributed by atoms with E-state index in [0.29, 0.717) is 0 Å². The first-order chi connectivity index (χ1) is 5.61. The van der Waals surface area contributed by atoms with Crippen LogP contribution in [0.3, 0.4) is 0 Å². The Bertz CT molecular complexity index is 370. The Morgan fingerprint density at radius 3 is 2.33 bits per heavy atom. The Balaban J connectivity index is 3.36. The van der Waals surface area contributed by atoms with Gasteiger partial charge in [-0.05, 0) is 24.3 Å². The lowest BCUT2D eigenvalue weighted by molar-refractivity contribution is 0.0697. The maximum atomic E-state index is 10.8. The summed E-state index contributed by atoms with van der Waals surface area (Å²) in [6.07, 6.45) is 0. The van der Waals surface area contributed by atoms with Gasteiger partial charge in [-0.1, -0.05) is 0 Å². The van der Waals surface area contributed by atoms with Gasteiger partial charge in [0, 0.05) is 0 Å². The number of hydrogen-bond donors (Lipinski definition) is 2. The van der Waals surface area contributed by atoms with E-state index in [0.717, 1.165) is 18.2 Å². The van der Waals surface area contributed by atoms with Crippen LogP contribution in [0.5, 0.6) is 5.75 Å². The number of rotatable bonds is 1. The topological polar surface area (TPSA) is 74.6 Å². The molecule has 0 heterocycles. The first-order valence-electron chi connectivity index (χ1n) is 3.18. The van der Waals surface area contributed by atoms with Gasteiger partial charge >= 0.3 is 5.97 Å². The molecule has 0 fully saturated rings. The highest BCUT2D eigenvalue weighted by Gasteiger charge is 2.00. The van der Waals surface area contributed by atoms with Gasteiger partial charge in [0.15, 0.2) is 5.75 Å². The van der Waals surface area contributed by atoms with Gasteiger partial charge in [-0.25, -0.2) is 4.79 Å². The van der Waals surface area contributed by atoms with Crippen LogP contribution < -0.4 is 5.43 Å². The van der Waals surface area contributed by atoms with E-state index in [2.05, 4.69) is 0 Å². The molecule has 0 unspecified atom stereocenters. The molecule has 0 saturated heterocycles. The zero-order chi connectivity index (χ0) is 9.14. The standard InChI is InChI=1S/C8H6O4/c9-6-3-1-5(8(11)12)2-4-7(6)10/h1-4H,(H,9,10)(H,11,12). The van der Waals surface area contributed by atoms with Crippen LogP contribution in [-0.4, -0.2) is 16.2 Å². The molecule has 0 amide bonds. The van der Waals surface area contributed by atoms with Crippen LogP contribution >= 0.6 is 0 Å². The molecular formula is C8H6O4. The number of hydrogen-bond acceptors (Lipinski definition) is 3. The molecule has 0 bridgehead atoms. The Labute approximate surface area is 67.7 Å². The van der Waals surface area contributed by atoms with Crippen molar-refractivity contribution in [2.75, 3.05) is 0 Å². The average Bonchev–Trinajstić information content (AvgIpc) is 2.16. The minimum absolute atomic E-state index is 0.0348. The number of carboxylic acids is 1. The highest BCUT2D eigenvalue weighted by Crippen LogP contribution is 2.01. The van der Waals surface area contributed by atoms with Crippen LogP contribution in [0, 0.1) is 0 Å². The van der Waals surface area contributed by atoms with Crippen molar-refractivity contribution in [2.45, 2.75) is 0 Å². The smallest absolute Gasteiger partial charge is 0.335 e. The SMILES string of the molecule is O=C(O)c1ccc(O)c(=O)cc1. The van der Waals surface area contributed by atoms with Gasteiger partial charge in [0.2, 0.25) is 5.43 Å². The fraction of sp³-hybridized carbons (Fsp3) is 0. The Morgan fingerprint density at radius 1 is 1.17 bits per heavy atom. The van der Waals surface area contributed by atoms with E-state index in [1.165, 1.54) is 6.07 Å². The lowest BCUT2D eigenvalue weighted by Gasteiger charge is -1.83. The third-order valence-corrected chi connectivity index (χ3v) is 1.33. The van der Waals surface area contributed by atoms with Gasteiger partial charge in [-0.15, -0.1) is 0 Å². The monoisotopic (exact) mass is 166 g/mol. The van der Waals surface area contributed by atoms with Crippen molar-refractivity contribution in [2.24, 2.45) is 0 Å². The second-order valence-corrected chi connectivity index (χ2v) is 2.18. The van der Waals surface area contributed by atoms with Crippen molar-refractivity contribution in [3.63, 3.8) is 0 Å². The van der Waals surface area contributed by atoms with Crippen molar-refractivity contribution in [1.29, 1.82) is 0 Å². The van der Waals surface area contributed by atoms with Gasteiger partial charge in [0.1, 0.15) is 0 Å². The molecule has 0 aliphatic carbocycles. The fourth-order valence-corrected chi connectivity index (χ4v) is 0.700. The lowest BCUT2D eigenvalue weighted by Crippen LogP contribution is -1.94. The van der Waals surface area contributed by atoms with Crippen LogP contribution in [-0.2, 0) is 0 Å². The molecule has 2 N–H and O–H groups in total. The molecule has 0 aliphatic rings. The fourth-order valence-electron chi connectivity index (χ4n) is 0.700. The molecule has 1 rings (SSSR count). The number of aromatic carboxylic acids is 1. The summed E-state index contributed by atoms with van der Waals surface area (Å²) < 4.78 is 0. The molecule has 0 radical (unpaired) electrons. The summed E-state index contributed by atoms with van der Waals surface area (Å²) in [6, 6.07) is 4.38. The molecule has 1 aromatic carbocycles. The van der Waals surface area contributed by atoms with E-state index in [9.17, 15) is 9.59 Å². The zero-order valence-corrected chi connectivity index (χ0v) is 6.02. The second-order valence-electron chi connectivity index (χ2n) is 2.18. The third kappa shape index (κ3) is 1.60. The van der Waals surface area contributed by atoms with Crippen molar-refractivity contribution >= 4 is 5.97 Å². The summed E-state index contributed by atoms with van der Waals surface area (Å²) >= 11 is 0. The lowest BCUT2D eigenvalue weighted by atomic mass is 10.3. The molecule has 0 saturated carbocycles. The third-order valence-electron chi connectivity index (χ3n) is 1.33. The summed E-state index contributed by atoms with van der Waals surface area (Å²) in [5, 5.41) is 17.4. The Hall–Kier alpha value is -1.84. The molecule has 4 heteroatoms. The molecule has 1 aromatic rings. The van der Waals surface area contributed by atoms with Crippen molar-refractivity contribution in [3.05, 3.63) is 40.1 Å². The number of carbonyl (C=O) groups is 1. The van der Waals surface area contributed by atoms with Crippen molar-refractivity contribution in [3.8, 4) is 5.75 Å². The van der Waals surface area contributed by atoms with E-state index in [-0.39, 0.29) is 5.56 Å². The Kier molecular flexibility index (Phi) is 2.09. The van der Waals surface area contributed by atoms with Crippen molar-refractivity contribution < 1.29 is 15.0 Å². The molecule has 0 aromatic heterocycles. The summed E-state index contributed by atoms with van der Waals surface area (Å²) in [6.45, 7) is 0. The predicted octanol–water partition coefficient (Wildman–Crippen LogP) is 0.451. The molecule has 0 spiro atoms. The van der Waals surface area contributed by atoms with Crippen LogP contribution in [0.1, 0.15) is 10.4 Å². The largest absolute Gasteiger partial charge is 0.504 e. The normalized spacial score (nSPS) is 9.33. The summed E-state index contributed by atoms with van der Waals surface area (Å²) in [7, 11) is 0. The highest BCUT2D eigenvalue weighted by atomic mass is 16.4. The van der Waals surface area contributed by atoms with Gasteiger partial charge in [0.25, 0.3) is 0 Å². The maximum absolute atomic E-state index is 10.8. The molecule has 62 valence electrons. The quantitative estimate of drug-likeness (QED) is 0.635. The van der Waals surface area contributed by atoms with E-state index in [1.54, 1.807) is 0 Å². The highest BCUT2D eigenvalue weighted by molar-refractivity contribution is 5.87. The van der Waals surface area contributed by atoms with Gasteiger partial charge in [-0.3, -0.25) is 4.79 Å². The van der Waals surface area contributed by atoms with E-state index >= 15 is 0 Å². The van der Waals surface area contributed by atoms with Crippen LogP contribution in [0.2, 0.25) is 0 Å². The van der Waals surface area contributed by atoms with E-state index in [1.807, 2.05) is 0 Å². The van der Waals surface area contributed by atoms with Crippen LogP contribution in [0.4, 0.5) is 0 Å². The first-order valence-corrected chi connectivity index (χ1v) is 3.18. The summed E-state index contributed by atoms with van der Waals surface area (Å²) in [5.74, 6) is -1.59. The number of aromatic hydroxyl groups is 1. The predicted molar refractivity (Wildman–Crippen MR) is 41.3 cm³/mol. The molecule has 4 nitrogen and oxygen atoms in total. The van der Waals surface area contributed by atoms with Crippen LogP contribution in [0.15, 0.2) is 29.1 Å². The number of carboxylic acid groups (broad SMARTS) is 1. The molecule has 12 heavy (non-hydrogen) atoms. The minimum atomic E-state index is -1.13. The van der Waals surface area contributed by atoms with Crippen LogP contribution in [0.25, 0.3) is 0 Å².